The summed E-state index contributed by atoms with van der Waals surface area (Å²) < 4.78 is 18.1. The fraction of sp³-hybridized carbons (Fsp3) is 0.351. The Morgan fingerprint density at radius 1 is 1.10 bits per heavy atom. The molecule has 0 bridgehead atoms. The minimum absolute atomic E-state index is 0.0464. The van der Waals surface area contributed by atoms with E-state index < -0.39 is 41.6 Å². The molecule has 3 amide bonds. The van der Waals surface area contributed by atoms with Gasteiger partial charge in [0.05, 0.1) is 42.2 Å². The Bertz CT molecular complexity index is 2150. The van der Waals surface area contributed by atoms with Crippen LogP contribution in [0.5, 0.6) is 5.75 Å². The number of carbonyl (C=O) groups is 4. The van der Waals surface area contributed by atoms with Gasteiger partial charge in [0.1, 0.15) is 12.4 Å². The number of hydrogen-bond acceptors (Lipinski definition) is 11. The Hall–Kier alpha value is -5.80. The summed E-state index contributed by atoms with van der Waals surface area (Å²) in [4.78, 5) is 67.5. The number of nitrogens with one attached hydrogen (secondary N) is 2. The zero-order valence-corrected chi connectivity index (χ0v) is 29.0. The van der Waals surface area contributed by atoms with Gasteiger partial charge in [0, 0.05) is 34.3 Å². The molecule has 52 heavy (non-hydrogen) atoms. The van der Waals surface area contributed by atoms with Crippen molar-refractivity contribution in [3.63, 3.8) is 0 Å². The lowest BCUT2D eigenvalue weighted by Gasteiger charge is -2.31. The molecule has 272 valence electrons. The molecule has 0 fully saturated rings. The van der Waals surface area contributed by atoms with Gasteiger partial charge in [-0.15, -0.1) is 0 Å². The topological polar surface area (TPSA) is 227 Å². The fourth-order valence-electron chi connectivity index (χ4n) is 6.75. The molecule has 15 heteroatoms. The van der Waals surface area contributed by atoms with Crippen LogP contribution in [0.2, 0.25) is 0 Å². The monoisotopic (exact) mass is 712 g/mol. The summed E-state index contributed by atoms with van der Waals surface area (Å²) in [6.45, 7) is 3.99. The average Bonchev–Trinajstić information content (AvgIpc) is 3.51. The van der Waals surface area contributed by atoms with Gasteiger partial charge in [0.2, 0.25) is 12.0 Å². The predicted octanol–water partition coefficient (Wildman–Crippen LogP) is 2.65. The number of cyclic esters (lactones) is 1. The Morgan fingerprint density at radius 2 is 1.85 bits per heavy atom. The van der Waals surface area contributed by atoms with Crippen molar-refractivity contribution in [3.8, 4) is 17.1 Å². The molecule has 0 saturated heterocycles. The van der Waals surface area contributed by atoms with E-state index in [9.17, 15) is 29.1 Å². The van der Waals surface area contributed by atoms with Crippen LogP contribution in [-0.4, -0.2) is 58.2 Å². The fourth-order valence-corrected chi connectivity index (χ4v) is 6.75. The van der Waals surface area contributed by atoms with Crippen molar-refractivity contribution in [2.24, 2.45) is 11.5 Å². The Labute approximate surface area is 298 Å². The number of urea groups is 1. The highest BCUT2D eigenvalue weighted by atomic mass is 16.6. The number of carbonyl (C=O) groups excluding carboxylic acids is 4. The van der Waals surface area contributed by atoms with Gasteiger partial charge < -0.3 is 46.0 Å². The van der Waals surface area contributed by atoms with Crippen molar-refractivity contribution in [3.05, 3.63) is 86.7 Å². The van der Waals surface area contributed by atoms with Crippen molar-refractivity contribution in [1.29, 1.82) is 0 Å². The maximum atomic E-state index is 13.7. The molecule has 0 aliphatic carbocycles. The van der Waals surface area contributed by atoms with E-state index in [1.54, 1.807) is 60.0 Å². The quantitative estimate of drug-likeness (QED) is 0.0933. The Morgan fingerprint density at radius 3 is 2.52 bits per heavy atom. The number of hydrogen-bond donors (Lipinski definition) is 5. The van der Waals surface area contributed by atoms with Crippen LogP contribution in [-0.2, 0) is 49.0 Å². The molecular formula is C37H40N6O9. The van der Waals surface area contributed by atoms with E-state index in [1.165, 1.54) is 7.11 Å². The molecule has 6 rings (SSSR count). The van der Waals surface area contributed by atoms with E-state index >= 15 is 0 Å². The number of anilines is 1. The zero-order valence-electron chi connectivity index (χ0n) is 29.0. The second kappa shape index (κ2) is 14.4. The van der Waals surface area contributed by atoms with Crippen LogP contribution in [0, 0.1) is 0 Å². The third kappa shape index (κ3) is 6.55. The normalized spacial score (nSPS) is 16.9. The molecular weight excluding hydrogens is 672 g/mol. The van der Waals surface area contributed by atoms with E-state index in [1.807, 2.05) is 6.92 Å². The van der Waals surface area contributed by atoms with Crippen LogP contribution in [0.3, 0.4) is 0 Å². The highest BCUT2D eigenvalue weighted by Gasteiger charge is 2.45. The summed E-state index contributed by atoms with van der Waals surface area (Å²) in [5.41, 5.74) is 13.7. The van der Waals surface area contributed by atoms with Gasteiger partial charge in [-0.3, -0.25) is 9.59 Å². The summed E-state index contributed by atoms with van der Waals surface area (Å²) in [6.07, 6.45) is 0.303. The number of fused-ring (bicyclic) bond motifs is 5. The zero-order chi connectivity index (χ0) is 37.3. The van der Waals surface area contributed by atoms with Gasteiger partial charge in [-0.05, 0) is 67.6 Å². The average molecular weight is 713 g/mol. The second-order valence-corrected chi connectivity index (χ2v) is 12.7. The van der Waals surface area contributed by atoms with Gasteiger partial charge >= 0.3 is 18.0 Å². The lowest BCUT2D eigenvalue weighted by Crippen LogP contribution is -2.44. The Balaban J connectivity index is 1.26. The number of primary amides is 1. The smallest absolute Gasteiger partial charge is 0.351 e. The third-order valence-electron chi connectivity index (χ3n) is 9.61. The molecule has 4 heterocycles. The molecule has 2 aliphatic rings. The van der Waals surface area contributed by atoms with Gasteiger partial charge in [0.15, 0.2) is 5.60 Å². The molecule has 4 aromatic rings. The molecule has 0 saturated carbocycles. The molecule has 2 aliphatic heterocycles. The summed E-state index contributed by atoms with van der Waals surface area (Å²) in [5.74, 6) is -1.45. The number of ether oxygens (including phenoxy) is 3. The molecule has 0 radical (unpaired) electrons. The highest BCUT2D eigenvalue weighted by Crippen LogP contribution is 2.41. The molecule has 2 aromatic carbocycles. The van der Waals surface area contributed by atoms with E-state index in [-0.39, 0.29) is 36.3 Å². The summed E-state index contributed by atoms with van der Waals surface area (Å²) >= 11 is 0. The molecule has 0 spiro atoms. The maximum Gasteiger partial charge on any atom is 0.351 e. The van der Waals surface area contributed by atoms with Crippen LogP contribution < -0.4 is 32.4 Å². The number of nitrogens with two attached hydrogens (primary N) is 2. The van der Waals surface area contributed by atoms with Crippen molar-refractivity contribution >= 4 is 40.5 Å². The standard InChI is InChI=1S/C37H40N6O9/c1-4-22-23-15-21(52-31(34(46)50-3)19-8-10-20(11-9-19)41-32(44)27(38)7-6-14-40-36(39)48)12-13-28(23)42-30-24(22)17-43-29(30)16-26-25(33(43)45)18-51-35(47)37(26,49)5-2/h8-13,15-16,27,31,49H,4-7,14,17-18,38H2,1-3H3,(H,41,44)(H3,39,40,48)/t27?,31?,37-/m0/s1. The summed E-state index contributed by atoms with van der Waals surface area (Å²) in [7, 11) is 1.26. The van der Waals surface area contributed by atoms with Crippen molar-refractivity contribution in [2.45, 2.75) is 70.4 Å². The SMILES string of the molecule is CCc1c2c(nc3ccc(OC(C(=O)OC)c4ccc(NC(=O)C(N)CCCNC(N)=O)cc4)cc13)-c1cc3c(c(=O)n1C2)COC(=O)[C@]3(O)CC. The third-order valence-corrected chi connectivity index (χ3v) is 9.61. The van der Waals surface area contributed by atoms with Gasteiger partial charge in [-0.2, -0.15) is 0 Å². The van der Waals surface area contributed by atoms with Crippen molar-refractivity contribution in [1.82, 2.24) is 14.9 Å². The van der Waals surface area contributed by atoms with Crippen LogP contribution in [0.4, 0.5) is 10.5 Å². The van der Waals surface area contributed by atoms with Crippen LogP contribution in [0.25, 0.3) is 22.3 Å². The maximum absolute atomic E-state index is 13.7. The van der Waals surface area contributed by atoms with Crippen LogP contribution in [0.1, 0.15) is 67.0 Å². The number of esters is 2. The number of nitrogens with zero attached hydrogens (tertiary/aromatic N) is 2. The minimum Gasteiger partial charge on any atom is -0.474 e. The first-order valence-corrected chi connectivity index (χ1v) is 17.0. The number of aliphatic hydroxyl groups is 1. The van der Waals surface area contributed by atoms with E-state index in [4.69, 9.17) is 30.7 Å². The number of amides is 3. The molecule has 15 nitrogen and oxygen atoms in total. The number of rotatable bonds is 12. The van der Waals surface area contributed by atoms with E-state index in [2.05, 4.69) is 10.6 Å². The molecule has 2 unspecified atom stereocenters. The number of benzene rings is 2. The van der Waals surface area contributed by atoms with Gasteiger partial charge in [-0.25, -0.2) is 19.4 Å². The second-order valence-electron chi connectivity index (χ2n) is 12.7. The van der Waals surface area contributed by atoms with Crippen LogP contribution >= 0.6 is 0 Å². The lowest BCUT2D eigenvalue weighted by atomic mass is 9.86. The van der Waals surface area contributed by atoms with Crippen molar-refractivity contribution < 1.29 is 38.5 Å². The predicted molar refractivity (Wildman–Crippen MR) is 189 cm³/mol. The summed E-state index contributed by atoms with van der Waals surface area (Å²) in [6, 6.07) is 12.0. The number of pyridine rings is 2. The lowest BCUT2D eigenvalue weighted by molar-refractivity contribution is -0.172. The van der Waals surface area contributed by atoms with Gasteiger partial charge in [-0.1, -0.05) is 26.0 Å². The minimum atomic E-state index is -1.92. The largest absolute Gasteiger partial charge is 0.474 e. The first-order valence-electron chi connectivity index (χ1n) is 17.0. The van der Waals surface area contributed by atoms with Crippen molar-refractivity contribution in [2.75, 3.05) is 19.0 Å². The molecule has 7 N–H and O–H groups in total. The first-order chi connectivity index (χ1) is 24.9. The Kier molecular flexibility index (Phi) is 10.00. The molecule has 3 atom stereocenters. The number of aryl methyl sites for hydroxylation is 1. The summed E-state index contributed by atoms with van der Waals surface area (Å²) in [5, 5.41) is 17.2. The highest BCUT2D eigenvalue weighted by molar-refractivity contribution is 5.95. The number of methoxy groups -OCH3 is 1. The van der Waals surface area contributed by atoms with E-state index in [0.717, 1.165) is 16.5 Å². The van der Waals surface area contributed by atoms with Crippen LogP contribution in [0.15, 0.2) is 53.3 Å². The number of aromatic nitrogens is 2. The first kappa shape index (κ1) is 36.0. The van der Waals surface area contributed by atoms with Gasteiger partial charge in [0.25, 0.3) is 5.56 Å². The molecule has 2 aromatic heterocycles. The van der Waals surface area contributed by atoms with E-state index in [0.29, 0.717) is 59.7 Å².